The molecule has 5 nitrogen and oxygen atoms in total. The van der Waals surface area contributed by atoms with Crippen LogP contribution in [0, 0.1) is 5.82 Å². The van der Waals surface area contributed by atoms with E-state index in [-0.39, 0.29) is 11.7 Å². The van der Waals surface area contributed by atoms with Crippen LogP contribution in [0.3, 0.4) is 0 Å². The van der Waals surface area contributed by atoms with Gasteiger partial charge in [-0.25, -0.2) is 4.39 Å². The molecule has 1 heterocycles. The molecule has 2 N–H and O–H groups in total. The summed E-state index contributed by atoms with van der Waals surface area (Å²) >= 11 is 7.93. The Morgan fingerprint density at radius 1 is 1.52 bits per heavy atom. The zero-order chi connectivity index (χ0) is 17.9. The predicted octanol–water partition coefficient (Wildman–Crippen LogP) is 3.68. The van der Waals surface area contributed by atoms with Crippen LogP contribution in [0.5, 0.6) is 0 Å². The number of aliphatic imine (C=N–C) groups is 1. The Balaban J connectivity index is 1.79. The van der Waals surface area contributed by atoms with Gasteiger partial charge in [0.25, 0.3) is 5.89 Å². The molecule has 0 radical (unpaired) electrons. The van der Waals surface area contributed by atoms with Crippen molar-refractivity contribution in [1.29, 1.82) is 0 Å². The molecule has 1 aromatic heterocycles. The van der Waals surface area contributed by atoms with Gasteiger partial charge in [0.05, 0.1) is 11.1 Å². The van der Waals surface area contributed by atoms with E-state index in [4.69, 9.17) is 21.9 Å². The van der Waals surface area contributed by atoms with Crippen molar-refractivity contribution in [1.82, 2.24) is 10.1 Å². The largest absolute Gasteiger partial charge is 0.394 e. The molecule has 3 rings (SSSR count). The normalized spacial score (nSPS) is 16.5. The molecule has 1 aliphatic rings. The Labute approximate surface area is 154 Å². The van der Waals surface area contributed by atoms with Crippen LogP contribution in [0.1, 0.15) is 30.1 Å². The Morgan fingerprint density at radius 3 is 3.00 bits per heavy atom. The Kier molecular flexibility index (Phi) is 5.44. The van der Waals surface area contributed by atoms with Crippen LogP contribution in [-0.2, 0) is 5.41 Å². The van der Waals surface area contributed by atoms with E-state index in [9.17, 15) is 4.39 Å². The number of thioether (sulfide) groups is 1. The van der Waals surface area contributed by atoms with Crippen molar-refractivity contribution >= 4 is 35.3 Å². The molecule has 0 bridgehead atoms. The summed E-state index contributed by atoms with van der Waals surface area (Å²) in [5.41, 5.74) is 6.71. The highest BCUT2D eigenvalue weighted by Crippen LogP contribution is 2.54. The van der Waals surface area contributed by atoms with Gasteiger partial charge in [-0.2, -0.15) is 16.7 Å². The highest BCUT2D eigenvalue weighted by atomic mass is 35.5. The second-order valence-electron chi connectivity index (χ2n) is 5.80. The first-order valence-corrected chi connectivity index (χ1v) is 9.58. The molecule has 1 fully saturated rings. The Hall–Kier alpha value is -1.86. The number of nitrogens with two attached hydrogens (primary N) is 1. The van der Waals surface area contributed by atoms with Gasteiger partial charge >= 0.3 is 0 Å². The van der Waals surface area contributed by atoms with Gasteiger partial charge in [0, 0.05) is 23.5 Å². The number of hydrogen-bond acceptors (Lipinski definition) is 6. The molecule has 0 spiro atoms. The van der Waals surface area contributed by atoms with E-state index in [1.165, 1.54) is 12.1 Å². The number of hydrogen-bond donors (Lipinski definition) is 1. The van der Waals surface area contributed by atoms with Crippen molar-refractivity contribution in [2.45, 2.75) is 18.3 Å². The summed E-state index contributed by atoms with van der Waals surface area (Å²) < 4.78 is 18.6. The molecular formula is C17H18ClFN4OS. The summed E-state index contributed by atoms with van der Waals surface area (Å²) in [7, 11) is 0. The molecular weight excluding hydrogens is 363 g/mol. The minimum absolute atomic E-state index is 0.246. The lowest BCUT2D eigenvalue weighted by atomic mass is 9.95. The number of benzene rings is 1. The summed E-state index contributed by atoms with van der Waals surface area (Å²) in [5, 5.41) is 4.43. The number of halogens is 2. The zero-order valence-electron chi connectivity index (χ0n) is 13.7. The average Bonchev–Trinajstić information content (AvgIpc) is 3.22. The maximum absolute atomic E-state index is 13.3. The van der Waals surface area contributed by atoms with Crippen molar-refractivity contribution in [3.8, 4) is 0 Å². The van der Waals surface area contributed by atoms with Gasteiger partial charge in [-0.1, -0.05) is 22.8 Å². The molecule has 132 valence electrons. The first kappa shape index (κ1) is 17.9. The standard InChI is InChI=1S/C17H18ClFN4OS/c1-25-9-8-21-7-4-14(20)15-22-16(23-24-15)17(5-6-17)12-3-2-11(19)10-13(12)18/h2-4,7,10H,5-6,8-9,20H2,1H3/b14-4-,21-7?. The van der Waals surface area contributed by atoms with Crippen LogP contribution in [0.4, 0.5) is 4.39 Å². The third-order valence-corrected chi connectivity index (χ3v) is 4.99. The molecule has 8 heteroatoms. The number of nitrogens with zero attached hydrogens (tertiary/aromatic N) is 3. The quantitative estimate of drug-likeness (QED) is 0.585. The summed E-state index contributed by atoms with van der Waals surface area (Å²) in [6, 6.07) is 4.37. The lowest BCUT2D eigenvalue weighted by molar-refractivity contribution is 0.396. The topological polar surface area (TPSA) is 77.3 Å². The van der Waals surface area contributed by atoms with Crippen molar-refractivity contribution in [2.75, 3.05) is 18.6 Å². The summed E-state index contributed by atoms with van der Waals surface area (Å²) in [5.74, 6) is 1.35. The van der Waals surface area contributed by atoms with Crippen molar-refractivity contribution < 1.29 is 8.91 Å². The van der Waals surface area contributed by atoms with Gasteiger partial charge in [0.2, 0.25) is 0 Å². The van der Waals surface area contributed by atoms with Gasteiger partial charge in [-0.15, -0.1) is 0 Å². The molecule has 0 amide bonds. The Bertz CT molecular complexity index is 817. The molecule has 2 aromatic rings. The first-order chi connectivity index (χ1) is 12.1. The molecule has 1 aromatic carbocycles. The van der Waals surface area contributed by atoms with Crippen LogP contribution in [0.25, 0.3) is 5.70 Å². The second kappa shape index (κ2) is 7.58. The molecule has 0 unspecified atom stereocenters. The summed E-state index contributed by atoms with van der Waals surface area (Å²) in [6.07, 6.45) is 6.97. The monoisotopic (exact) mass is 380 g/mol. The van der Waals surface area contributed by atoms with E-state index >= 15 is 0 Å². The lowest BCUT2D eigenvalue weighted by Gasteiger charge is -2.12. The fraction of sp³-hybridized carbons (Fsp3) is 0.353. The van der Waals surface area contributed by atoms with Crippen LogP contribution in [-0.4, -0.2) is 34.9 Å². The highest BCUT2D eigenvalue weighted by Gasteiger charge is 2.51. The van der Waals surface area contributed by atoms with Gasteiger partial charge in [-0.3, -0.25) is 4.99 Å². The number of aromatic nitrogens is 2. The van der Waals surface area contributed by atoms with Crippen LogP contribution >= 0.6 is 23.4 Å². The van der Waals surface area contributed by atoms with E-state index in [1.807, 2.05) is 6.26 Å². The molecule has 0 atom stereocenters. The predicted molar refractivity (Wildman–Crippen MR) is 99.6 cm³/mol. The second-order valence-corrected chi connectivity index (χ2v) is 7.19. The van der Waals surface area contributed by atoms with Crippen LogP contribution in [0.2, 0.25) is 5.02 Å². The fourth-order valence-corrected chi connectivity index (χ4v) is 3.21. The van der Waals surface area contributed by atoms with E-state index in [0.717, 1.165) is 30.7 Å². The molecule has 1 saturated carbocycles. The van der Waals surface area contributed by atoms with Crippen molar-refractivity contribution in [2.24, 2.45) is 10.7 Å². The third-order valence-electron chi connectivity index (χ3n) is 4.08. The van der Waals surface area contributed by atoms with Gasteiger partial charge in [0.15, 0.2) is 5.82 Å². The van der Waals surface area contributed by atoms with Gasteiger partial charge in [0.1, 0.15) is 5.82 Å². The van der Waals surface area contributed by atoms with Gasteiger partial charge < -0.3 is 10.3 Å². The van der Waals surface area contributed by atoms with Crippen LogP contribution < -0.4 is 5.73 Å². The number of rotatable bonds is 7. The smallest absolute Gasteiger partial charge is 0.273 e. The average molecular weight is 381 g/mol. The third kappa shape index (κ3) is 3.88. The fourth-order valence-electron chi connectivity index (χ4n) is 2.57. The summed E-state index contributed by atoms with van der Waals surface area (Å²) in [6.45, 7) is 0.728. The van der Waals surface area contributed by atoms with E-state index < -0.39 is 5.41 Å². The zero-order valence-corrected chi connectivity index (χ0v) is 15.3. The minimum atomic E-state index is -0.417. The molecule has 0 aliphatic heterocycles. The molecule has 25 heavy (non-hydrogen) atoms. The van der Waals surface area contributed by atoms with E-state index in [0.29, 0.717) is 16.5 Å². The minimum Gasteiger partial charge on any atom is -0.394 e. The maximum atomic E-state index is 13.3. The molecule has 1 aliphatic carbocycles. The van der Waals surface area contributed by atoms with Crippen LogP contribution in [0.15, 0.2) is 33.8 Å². The SMILES string of the molecule is CSCCN=C/C=C(\N)c1nc(C2(c3ccc(F)cc3Cl)CC2)no1. The molecule has 0 saturated heterocycles. The number of allylic oxidation sites excluding steroid dienone is 1. The van der Waals surface area contributed by atoms with E-state index in [2.05, 4.69) is 15.1 Å². The van der Waals surface area contributed by atoms with E-state index in [1.54, 1.807) is 30.1 Å². The lowest BCUT2D eigenvalue weighted by Crippen LogP contribution is -2.12. The highest BCUT2D eigenvalue weighted by molar-refractivity contribution is 7.98. The van der Waals surface area contributed by atoms with Crippen molar-refractivity contribution in [3.63, 3.8) is 0 Å². The summed E-state index contributed by atoms with van der Waals surface area (Å²) in [4.78, 5) is 8.63. The Morgan fingerprint density at radius 2 is 2.32 bits per heavy atom. The first-order valence-electron chi connectivity index (χ1n) is 7.81. The maximum Gasteiger partial charge on any atom is 0.273 e. The van der Waals surface area contributed by atoms with Crippen molar-refractivity contribution in [3.05, 3.63) is 52.4 Å². The van der Waals surface area contributed by atoms with Gasteiger partial charge in [-0.05, 0) is 42.9 Å².